The van der Waals surface area contributed by atoms with E-state index in [4.69, 9.17) is 0 Å². The average molecular weight is 385 g/mol. The van der Waals surface area contributed by atoms with Crippen LogP contribution in [0.5, 0.6) is 0 Å². The third-order valence-corrected chi connectivity index (χ3v) is 3.55. The number of Topliss-reactive ketones (excluding diaryl/α,β-unsaturated/α-hetero) is 1. The molecule has 0 fully saturated rings. The lowest BCUT2D eigenvalue weighted by Gasteiger charge is -2.06. The fourth-order valence-electron chi connectivity index (χ4n) is 1.27. The van der Waals surface area contributed by atoms with Crippen LogP contribution < -0.4 is 0 Å². The zero-order valence-corrected chi connectivity index (χ0v) is 12.1. The molecule has 1 nitrogen and oxygen atoms in total. The molecule has 0 amide bonds. The van der Waals surface area contributed by atoms with Gasteiger partial charge in [0.15, 0.2) is 5.78 Å². The Morgan fingerprint density at radius 2 is 2.20 bits per heavy atom. The Labute approximate surface area is 111 Å². The number of carbonyl (C=O) groups is 1. The molecular weight excluding hydrogens is 374 g/mol. The smallest absolute Gasteiger partial charge is 0.164 e. The summed E-state index contributed by atoms with van der Waals surface area (Å²) in [7, 11) is 0. The van der Waals surface area contributed by atoms with Crippen LogP contribution in [0.3, 0.4) is 0 Å². The molecule has 82 valence electrons. The van der Waals surface area contributed by atoms with E-state index in [0.29, 0.717) is 22.9 Å². The fraction of sp³-hybridized carbons (Fsp3) is 0.364. The number of carbonyl (C=O) groups excluding carboxylic acids is 1. The summed E-state index contributed by atoms with van der Waals surface area (Å²) < 4.78 is 14.3. The zero-order chi connectivity index (χ0) is 11.4. The SMILES string of the molecule is CCCC(=O)c1cc(F)c(CBr)cc1I. The summed E-state index contributed by atoms with van der Waals surface area (Å²) in [5, 5.41) is 0.469. The highest BCUT2D eigenvalue weighted by Gasteiger charge is 2.13. The van der Waals surface area contributed by atoms with Crippen molar-refractivity contribution in [2.75, 3.05) is 0 Å². The summed E-state index contributed by atoms with van der Waals surface area (Å²) in [5.41, 5.74) is 1.09. The standard InChI is InChI=1S/C11H11BrFIO/c1-2-3-11(15)8-5-9(13)7(6-12)4-10(8)14/h4-5H,2-3,6H2,1H3. The predicted octanol–water partition coefficient (Wildman–Crippen LogP) is 4.31. The summed E-state index contributed by atoms with van der Waals surface area (Å²) in [6.07, 6.45) is 1.26. The van der Waals surface area contributed by atoms with Crippen molar-refractivity contribution < 1.29 is 9.18 Å². The topological polar surface area (TPSA) is 17.1 Å². The summed E-state index contributed by atoms with van der Waals surface area (Å²) >= 11 is 5.28. The van der Waals surface area contributed by atoms with Gasteiger partial charge in [0.2, 0.25) is 0 Å². The van der Waals surface area contributed by atoms with Crippen LogP contribution in [0.15, 0.2) is 12.1 Å². The summed E-state index contributed by atoms with van der Waals surface area (Å²) in [6, 6.07) is 3.06. The van der Waals surface area contributed by atoms with E-state index in [1.54, 1.807) is 6.07 Å². The lowest BCUT2D eigenvalue weighted by Crippen LogP contribution is -2.03. The van der Waals surface area contributed by atoms with Gasteiger partial charge in [0, 0.05) is 20.9 Å². The first-order valence-corrected chi connectivity index (χ1v) is 6.87. The zero-order valence-electron chi connectivity index (χ0n) is 8.32. The van der Waals surface area contributed by atoms with Crippen LogP contribution in [-0.4, -0.2) is 5.78 Å². The van der Waals surface area contributed by atoms with Crippen LogP contribution in [0.1, 0.15) is 35.7 Å². The van der Waals surface area contributed by atoms with Gasteiger partial charge in [-0.2, -0.15) is 0 Å². The van der Waals surface area contributed by atoms with Crippen LogP contribution >= 0.6 is 38.5 Å². The minimum absolute atomic E-state index is 0.0157. The van der Waals surface area contributed by atoms with E-state index in [9.17, 15) is 9.18 Å². The van der Waals surface area contributed by atoms with Crippen LogP contribution in [0, 0.1) is 9.39 Å². The lowest BCUT2D eigenvalue weighted by atomic mass is 10.1. The Bertz CT molecular complexity index is 379. The maximum Gasteiger partial charge on any atom is 0.164 e. The highest BCUT2D eigenvalue weighted by molar-refractivity contribution is 14.1. The van der Waals surface area contributed by atoms with Crippen molar-refractivity contribution in [3.05, 3.63) is 32.6 Å². The molecule has 0 unspecified atom stereocenters. The van der Waals surface area contributed by atoms with Crippen molar-refractivity contribution in [2.24, 2.45) is 0 Å². The molecule has 0 bridgehead atoms. The number of ketones is 1. The van der Waals surface area contributed by atoms with Gasteiger partial charge in [0.1, 0.15) is 5.82 Å². The largest absolute Gasteiger partial charge is 0.294 e. The lowest BCUT2D eigenvalue weighted by molar-refractivity contribution is 0.0980. The summed E-state index contributed by atoms with van der Waals surface area (Å²) in [6.45, 7) is 1.94. The molecule has 1 aromatic carbocycles. The van der Waals surface area contributed by atoms with Gasteiger partial charge in [-0.3, -0.25) is 4.79 Å². The molecule has 0 atom stereocenters. The number of alkyl halides is 1. The van der Waals surface area contributed by atoms with Crippen molar-refractivity contribution in [1.82, 2.24) is 0 Å². The number of rotatable bonds is 4. The van der Waals surface area contributed by atoms with Crippen molar-refractivity contribution >= 4 is 44.3 Å². The minimum Gasteiger partial charge on any atom is -0.294 e. The molecule has 0 radical (unpaired) electrons. The predicted molar refractivity (Wildman–Crippen MR) is 71.0 cm³/mol. The van der Waals surface area contributed by atoms with Gasteiger partial charge in [-0.25, -0.2) is 4.39 Å². The van der Waals surface area contributed by atoms with E-state index >= 15 is 0 Å². The van der Waals surface area contributed by atoms with Crippen molar-refractivity contribution in [1.29, 1.82) is 0 Å². The minimum atomic E-state index is -0.313. The average Bonchev–Trinajstić information content (AvgIpc) is 2.21. The third kappa shape index (κ3) is 3.24. The van der Waals surface area contributed by atoms with Crippen LogP contribution in [-0.2, 0) is 5.33 Å². The van der Waals surface area contributed by atoms with Crippen molar-refractivity contribution in [3.8, 4) is 0 Å². The first-order valence-electron chi connectivity index (χ1n) is 4.67. The normalized spacial score (nSPS) is 10.4. The molecule has 0 aromatic heterocycles. The van der Waals surface area contributed by atoms with Gasteiger partial charge >= 0.3 is 0 Å². The maximum absolute atomic E-state index is 13.4. The van der Waals surface area contributed by atoms with Gasteiger partial charge in [-0.15, -0.1) is 0 Å². The Balaban J connectivity index is 3.10. The molecule has 0 saturated heterocycles. The quantitative estimate of drug-likeness (QED) is 0.429. The van der Waals surface area contributed by atoms with Crippen molar-refractivity contribution in [2.45, 2.75) is 25.1 Å². The van der Waals surface area contributed by atoms with E-state index in [-0.39, 0.29) is 11.6 Å². The molecule has 0 aliphatic carbocycles. The molecule has 1 rings (SSSR count). The van der Waals surface area contributed by atoms with E-state index < -0.39 is 0 Å². The van der Waals surface area contributed by atoms with E-state index in [1.807, 2.05) is 6.92 Å². The second-order valence-corrected chi connectivity index (χ2v) is 4.95. The van der Waals surface area contributed by atoms with Gasteiger partial charge < -0.3 is 0 Å². The highest BCUT2D eigenvalue weighted by atomic mass is 127. The first kappa shape index (κ1) is 13.1. The Morgan fingerprint density at radius 1 is 1.53 bits per heavy atom. The second-order valence-electron chi connectivity index (χ2n) is 3.23. The molecule has 0 spiro atoms. The molecule has 0 aliphatic rings. The van der Waals surface area contributed by atoms with E-state index in [0.717, 1.165) is 9.99 Å². The Hall–Kier alpha value is 0.0300. The summed E-state index contributed by atoms with van der Waals surface area (Å²) in [4.78, 5) is 11.6. The molecule has 15 heavy (non-hydrogen) atoms. The fourth-order valence-corrected chi connectivity index (χ4v) is 2.53. The van der Waals surface area contributed by atoms with Gasteiger partial charge in [-0.1, -0.05) is 22.9 Å². The molecular formula is C11H11BrFIO. The summed E-state index contributed by atoms with van der Waals surface area (Å²) in [5.74, 6) is -0.298. The van der Waals surface area contributed by atoms with Gasteiger partial charge in [-0.05, 0) is 46.7 Å². The van der Waals surface area contributed by atoms with E-state index in [1.165, 1.54) is 6.07 Å². The molecule has 0 N–H and O–H groups in total. The molecule has 4 heteroatoms. The van der Waals surface area contributed by atoms with Crippen LogP contribution in [0.4, 0.5) is 4.39 Å². The molecule has 1 aromatic rings. The number of hydrogen-bond acceptors (Lipinski definition) is 1. The van der Waals surface area contributed by atoms with Crippen LogP contribution in [0.2, 0.25) is 0 Å². The van der Waals surface area contributed by atoms with E-state index in [2.05, 4.69) is 38.5 Å². The van der Waals surface area contributed by atoms with Gasteiger partial charge in [0.05, 0.1) is 0 Å². The Kier molecular flexibility index (Phi) is 5.18. The monoisotopic (exact) mass is 384 g/mol. The third-order valence-electron chi connectivity index (χ3n) is 2.06. The molecule has 0 saturated carbocycles. The second kappa shape index (κ2) is 5.94. The van der Waals surface area contributed by atoms with Crippen molar-refractivity contribution in [3.63, 3.8) is 0 Å². The molecule has 0 heterocycles. The number of benzene rings is 1. The molecule has 0 aliphatic heterocycles. The van der Waals surface area contributed by atoms with Gasteiger partial charge in [0.25, 0.3) is 0 Å². The Morgan fingerprint density at radius 3 is 2.73 bits per heavy atom. The van der Waals surface area contributed by atoms with Crippen LogP contribution in [0.25, 0.3) is 0 Å². The number of halogens is 3. The highest BCUT2D eigenvalue weighted by Crippen LogP contribution is 2.21. The first-order chi connectivity index (χ1) is 7.10. The maximum atomic E-state index is 13.4. The number of hydrogen-bond donors (Lipinski definition) is 0.